The van der Waals surface area contributed by atoms with Crippen LogP contribution >= 0.6 is 0 Å². The topological polar surface area (TPSA) is 126 Å². The van der Waals surface area contributed by atoms with Crippen molar-refractivity contribution in [1.82, 2.24) is 24.8 Å². The van der Waals surface area contributed by atoms with Gasteiger partial charge in [-0.15, -0.1) is 13.2 Å². The van der Waals surface area contributed by atoms with Crippen molar-refractivity contribution in [2.75, 3.05) is 31.2 Å². The number of ether oxygens (including phenoxy) is 1. The summed E-state index contributed by atoms with van der Waals surface area (Å²) in [5.74, 6) is 0.358. The number of nitrogens with one attached hydrogen (secondary N) is 1. The van der Waals surface area contributed by atoms with Crippen LogP contribution in [0.3, 0.4) is 0 Å². The number of carbonyl (C=O) groups excluding carboxylic acids is 1. The number of aromatic nitrogens is 4. The molecule has 0 bridgehead atoms. The Balaban J connectivity index is 1.31. The number of nitrogens with zero attached hydrogens (tertiary/aromatic N) is 5. The zero-order chi connectivity index (χ0) is 37.4. The van der Waals surface area contributed by atoms with E-state index in [4.69, 9.17) is 4.98 Å². The number of rotatable bonds is 16. The summed E-state index contributed by atoms with van der Waals surface area (Å²) in [6.45, 7) is 2.98. The van der Waals surface area contributed by atoms with Gasteiger partial charge in [-0.2, -0.15) is 0 Å². The summed E-state index contributed by atoms with van der Waals surface area (Å²) in [6.07, 6.45) is 0.489. The SMILES string of the molecule is CC(=O)CC(NCc1ccc(-c2cncnc2)cc1)c1ccc2c(c1)nc(-c1ccc(N(CCO)CCO)cc1)n2Cc1ccc(OC(F)(F)F)cc1. The average molecular weight is 725 g/mol. The molecule has 0 saturated heterocycles. The van der Waals surface area contributed by atoms with Crippen LogP contribution in [0.4, 0.5) is 18.9 Å². The zero-order valence-electron chi connectivity index (χ0n) is 29.0. The van der Waals surface area contributed by atoms with Crippen LogP contribution in [0.5, 0.6) is 5.75 Å². The molecule has 6 rings (SSSR count). The molecule has 0 spiro atoms. The smallest absolute Gasteiger partial charge is 0.406 e. The third kappa shape index (κ3) is 9.63. The highest BCUT2D eigenvalue weighted by Crippen LogP contribution is 2.31. The fourth-order valence-corrected chi connectivity index (χ4v) is 6.26. The molecule has 2 heterocycles. The molecule has 2 aromatic heterocycles. The second kappa shape index (κ2) is 16.8. The van der Waals surface area contributed by atoms with E-state index in [1.807, 2.05) is 76.2 Å². The number of halogens is 3. The molecular formula is C40H39F3N6O4. The number of benzene rings is 4. The molecule has 0 fully saturated rings. The number of alkyl halides is 3. The molecule has 0 radical (unpaired) electrons. The molecule has 53 heavy (non-hydrogen) atoms. The van der Waals surface area contributed by atoms with Gasteiger partial charge in [0.15, 0.2) is 0 Å². The van der Waals surface area contributed by atoms with Crippen molar-refractivity contribution < 1.29 is 32.9 Å². The first-order valence-electron chi connectivity index (χ1n) is 17.1. The summed E-state index contributed by atoms with van der Waals surface area (Å²) < 4.78 is 44.5. The summed E-state index contributed by atoms with van der Waals surface area (Å²) in [6, 6.07) is 27.0. The van der Waals surface area contributed by atoms with Gasteiger partial charge in [0, 0.05) is 67.8 Å². The zero-order valence-corrected chi connectivity index (χ0v) is 29.0. The Morgan fingerprint density at radius 3 is 2.11 bits per heavy atom. The van der Waals surface area contributed by atoms with Gasteiger partial charge in [-0.1, -0.05) is 42.5 Å². The Hall–Kier alpha value is -5.63. The first-order valence-corrected chi connectivity index (χ1v) is 17.1. The number of anilines is 1. The molecule has 274 valence electrons. The number of hydrogen-bond acceptors (Lipinski definition) is 9. The Kier molecular flexibility index (Phi) is 11.8. The van der Waals surface area contributed by atoms with Crippen LogP contribution in [0, 0.1) is 0 Å². The number of aliphatic hydroxyl groups excluding tert-OH is 2. The van der Waals surface area contributed by atoms with E-state index in [2.05, 4.69) is 20.0 Å². The van der Waals surface area contributed by atoms with Crippen molar-refractivity contribution in [1.29, 1.82) is 0 Å². The molecule has 13 heteroatoms. The van der Waals surface area contributed by atoms with Gasteiger partial charge in [0.2, 0.25) is 0 Å². The Bertz CT molecular complexity index is 2100. The van der Waals surface area contributed by atoms with Crippen LogP contribution in [-0.4, -0.2) is 68.2 Å². The predicted octanol–water partition coefficient (Wildman–Crippen LogP) is 6.71. The van der Waals surface area contributed by atoms with Crippen molar-refractivity contribution in [3.63, 3.8) is 0 Å². The number of imidazole rings is 1. The van der Waals surface area contributed by atoms with E-state index >= 15 is 0 Å². The Labute approximate surface area is 304 Å². The van der Waals surface area contributed by atoms with Crippen molar-refractivity contribution in [2.24, 2.45) is 0 Å². The van der Waals surface area contributed by atoms with Crippen molar-refractivity contribution in [2.45, 2.75) is 38.8 Å². The predicted molar refractivity (Wildman–Crippen MR) is 196 cm³/mol. The van der Waals surface area contributed by atoms with Crippen molar-refractivity contribution >= 4 is 22.5 Å². The Morgan fingerprint density at radius 1 is 0.849 bits per heavy atom. The lowest BCUT2D eigenvalue weighted by Gasteiger charge is -2.23. The quantitative estimate of drug-likeness (QED) is 0.1000. The lowest BCUT2D eigenvalue weighted by Crippen LogP contribution is -2.29. The summed E-state index contributed by atoms with van der Waals surface area (Å²) in [5, 5.41) is 22.6. The molecule has 0 saturated carbocycles. The third-order valence-electron chi connectivity index (χ3n) is 8.79. The molecule has 10 nitrogen and oxygen atoms in total. The van der Waals surface area contributed by atoms with Crippen LogP contribution in [0.2, 0.25) is 0 Å². The van der Waals surface area contributed by atoms with E-state index in [1.54, 1.807) is 31.5 Å². The highest BCUT2D eigenvalue weighted by Gasteiger charge is 2.31. The van der Waals surface area contributed by atoms with E-state index in [9.17, 15) is 28.2 Å². The fraction of sp³-hybridized carbons (Fsp3) is 0.250. The minimum absolute atomic E-state index is 0.0303. The fourth-order valence-electron chi connectivity index (χ4n) is 6.26. The minimum atomic E-state index is -4.79. The lowest BCUT2D eigenvalue weighted by molar-refractivity contribution is -0.274. The standard InChI is InChI=1S/C40H39F3N6O4/c1-27(52)20-36(46-22-28-2-6-30(7-3-28)33-23-44-26-45-24-33)32-10-15-38-37(21-32)47-39(31-8-11-34(12-9-31)48(16-18-50)17-19-51)49(38)25-29-4-13-35(14-5-29)53-40(41,42)43/h2-15,21,23-24,26,36,46,50-51H,16-20,22,25H2,1H3. The molecule has 0 aliphatic carbocycles. The highest BCUT2D eigenvalue weighted by atomic mass is 19.4. The van der Waals surface area contributed by atoms with Crippen LogP contribution in [0.25, 0.3) is 33.5 Å². The van der Waals surface area contributed by atoms with Crippen LogP contribution in [0.1, 0.15) is 36.1 Å². The second-order valence-corrected chi connectivity index (χ2v) is 12.6. The van der Waals surface area contributed by atoms with Gasteiger partial charge in [-0.05, 0) is 77.7 Å². The van der Waals surface area contributed by atoms with Crippen LogP contribution in [-0.2, 0) is 17.9 Å². The summed E-state index contributed by atoms with van der Waals surface area (Å²) >= 11 is 0. The van der Waals surface area contributed by atoms with Crippen LogP contribution in [0.15, 0.2) is 110 Å². The molecule has 4 aromatic carbocycles. The normalized spacial score (nSPS) is 12.2. The van der Waals surface area contributed by atoms with Gasteiger partial charge >= 0.3 is 6.36 Å². The third-order valence-corrected chi connectivity index (χ3v) is 8.79. The first-order chi connectivity index (χ1) is 25.6. The molecule has 3 N–H and O–H groups in total. The second-order valence-electron chi connectivity index (χ2n) is 12.6. The number of aliphatic hydroxyl groups is 2. The van der Waals surface area contributed by atoms with E-state index < -0.39 is 6.36 Å². The first kappa shape index (κ1) is 37.1. The molecular weight excluding hydrogens is 685 g/mol. The number of ketones is 1. The van der Waals surface area contributed by atoms with Gasteiger partial charge in [0.05, 0.1) is 24.2 Å². The van der Waals surface area contributed by atoms with Gasteiger partial charge in [0.25, 0.3) is 0 Å². The average Bonchev–Trinajstić information content (AvgIpc) is 3.51. The number of hydrogen-bond donors (Lipinski definition) is 3. The summed E-state index contributed by atoms with van der Waals surface area (Å²) in [5.41, 5.74) is 7.68. The molecule has 0 aliphatic rings. The molecule has 1 unspecified atom stereocenters. The Morgan fingerprint density at radius 2 is 1.49 bits per heavy atom. The van der Waals surface area contributed by atoms with Gasteiger partial charge < -0.3 is 29.7 Å². The number of fused-ring (bicyclic) bond motifs is 1. The van der Waals surface area contributed by atoms with Crippen molar-refractivity contribution in [3.05, 3.63) is 126 Å². The molecule has 0 amide bonds. The summed E-state index contributed by atoms with van der Waals surface area (Å²) in [4.78, 5) is 27.5. The maximum absolute atomic E-state index is 12.8. The number of carbonyl (C=O) groups is 1. The number of Topliss-reactive ketones (excluding diaryl/α,β-unsaturated/α-hetero) is 1. The maximum Gasteiger partial charge on any atom is 0.573 e. The molecule has 1 atom stereocenters. The monoisotopic (exact) mass is 724 g/mol. The van der Waals surface area contributed by atoms with E-state index in [-0.39, 0.29) is 37.2 Å². The van der Waals surface area contributed by atoms with E-state index in [0.29, 0.717) is 37.5 Å². The van der Waals surface area contributed by atoms with E-state index in [1.165, 1.54) is 18.5 Å². The minimum Gasteiger partial charge on any atom is -0.406 e. The van der Waals surface area contributed by atoms with Gasteiger partial charge in [-0.25, -0.2) is 15.0 Å². The lowest BCUT2D eigenvalue weighted by atomic mass is 10.0. The largest absolute Gasteiger partial charge is 0.573 e. The maximum atomic E-state index is 12.8. The van der Waals surface area contributed by atoms with Crippen molar-refractivity contribution in [3.8, 4) is 28.3 Å². The molecule has 0 aliphatic heterocycles. The molecule has 6 aromatic rings. The van der Waals surface area contributed by atoms with E-state index in [0.717, 1.165) is 44.6 Å². The summed E-state index contributed by atoms with van der Waals surface area (Å²) in [7, 11) is 0. The highest BCUT2D eigenvalue weighted by molar-refractivity contribution is 5.82. The van der Waals surface area contributed by atoms with Crippen LogP contribution < -0.4 is 15.0 Å². The van der Waals surface area contributed by atoms with Gasteiger partial charge in [-0.3, -0.25) is 4.79 Å². The van der Waals surface area contributed by atoms with Gasteiger partial charge in [0.1, 0.15) is 23.7 Å².